The Labute approximate surface area is 151 Å². The lowest BCUT2D eigenvalue weighted by Gasteiger charge is -2.10. The molecule has 3 aromatic rings. The van der Waals surface area contributed by atoms with Gasteiger partial charge in [-0.1, -0.05) is 12.1 Å². The molecule has 3 rings (SSSR count). The lowest BCUT2D eigenvalue weighted by molar-refractivity contribution is 0.102. The number of ether oxygens (including phenoxy) is 1. The van der Waals surface area contributed by atoms with Crippen molar-refractivity contribution in [1.29, 1.82) is 0 Å². The molecule has 2 N–H and O–H groups in total. The molecule has 0 unspecified atom stereocenters. The molecule has 1 heterocycles. The standard InChI is InChI=1S/C19H21FN4O2/c1-24(2)10-5-11-26-13-8-9-15-17(12-13)22-23-18(15)21-19(25)14-6-3-4-7-16(14)20/h3-4,6-9,12H,5,10-11H2,1-2H3,(H2,21,22,23,25). The molecule has 1 amide bonds. The molecule has 0 bridgehead atoms. The van der Waals surface area contributed by atoms with Gasteiger partial charge in [0.25, 0.3) is 5.91 Å². The maximum atomic E-state index is 13.7. The Morgan fingerprint density at radius 3 is 2.85 bits per heavy atom. The van der Waals surface area contributed by atoms with Crippen molar-refractivity contribution >= 4 is 22.6 Å². The fourth-order valence-corrected chi connectivity index (χ4v) is 2.57. The van der Waals surface area contributed by atoms with Crippen LogP contribution < -0.4 is 10.1 Å². The molecular weight excluding hydrogens is 335 g/mol. The zero-order valence-corrected chi connectivity index (χ0v) is 14.8. The van der Waals surface area contributed by atoms with Crippen molar-refractivity contribution in [3.05, 3.63) is 53.8 Å². The number of aromatic amines is 1. The molecule has 26 heavy (non-hydrogen) atoms. The molecule has 0 saturated heterocycles. The van der Waals surface area contributed by atoms with Crippen LogP contribution in [0.2, 0.25) is 0 Å². The Hall–Kier alpha value is -2.93. The second-order valence-corrected chi connectivity index (χ2v) is 6.22. The number of carbonyl (C=O) groups excluding carboxylic acids is 1. The van der Waals surface area contributed by atoms with E-state index in [-0.39, 0.29) is 5.56 Å². The molecule has 0 spiro atoms. The van der Waals surface area contributed by atoms with Crippen LogP contribution in [0.3, 0.4) is 0 Å². The van der Waals surface area contributed by atoms with Crippen molar-refractivity contribution in [1.82, 2.24) is 15.1 Å². The number of anilines is 1. The van der Waals surface area contributed by atoms with Crippen molar-refractivity contribution in [2.75, 3.05) is 32.6 Å². The molecule has 136 valence electrons. The third-order valence-electron chi connectivity index (χ3n) is 3.90. The van der Waals surface area contributed by atoms with Crippen LogP contribution >= 0.6 is 0 Å². The summed E-state index contributed by atoms with van der Waals surface area (Å²) in [5.74, 6) is -0.0296. The van der Waals surface area contributed by atoms with Gasteiger partial charge in [0, 0.05) is 18.0 Å². The van der Waals surface area contributed by atoms with Gasteiger partial charge in [0.05, 0.1) is 17.7 Å². The van der Waals surface area contributed by atoms with Crippen LogP contribution in [0.4, 0.5) is 10.2 Å². The zero-order valence-electron chi connectivity index (χ0n) is 14.8. The summed E-state index contributed by atoms with van der Waals surface area (Å²) in [4.78, 5) is 14.3. The minimum absolute atomic E-state index is 0.0236. The smallest absolute Gasteiger partial charge is 0.259 e. The second kappa shape index (κ2) is 7.97. The van der Waals surface area contributed by atoms with Crippen molar-refractivity contribution < 1.29 is 13.9 Å². The highest BCUT2D eigenvalue weighted by Gasteiger charge is 2.14. The normalized spacial score (nSPS) is 11.1. The van der Waals surface area contributed by atoms with Gasteiger partial charge in [-0.3, -0.25) is 9.89 Å². The Kier molecular flexibility index (Phi) is 5.48. The van der Waals surface area contributed by atoms with Gasteiger partial charge in [-0.25, -0.2) is 4.39 Å². The number of hydrogen-bond donors (Lipinski definition) is 2. The molecular formula is C19H21FN4O2. The lowest BCUT2D eigenvalue weighted by Crippen LogP contribution is -2.15. The number of hydrogen-bond acceptors (Lipinski definition) is 4. The van der Waals surface area contributed by atoms with Crippen LogP contribution in [-0.2, 0) is 0 Å². The Balaban J connectivity index is 1.69. The van der Waals surface area contributed by atoms with Gasteiger partial charge in [-0.15, -0.1) is 0 Å². The van der Waals surface area contributed by atoms with Gasteiger partial charge in [0.1, 0.15) is 11.6 Å². The van der Waals surface area contributed by atoms with E-state index in [1.807, 2.05) is 32.3 Å². The number of halogens is 1. The van der Waals surface area contributed by atoms with Gasteiger partial charge in [-0.2, -0.15) is 5.10 Å². The summed E-state index contributed by atoms with van der Waals surface area (Å²) in [6.45, 7) is 1.58. The van der Waals surface area contributed by atoms with E-state index < -0.39 is 11.7 Å². The number of benzene rings is 2. The molecule has 0 aliphatic heterocycles. The Morgan fingerprint density at radius 2 is 2.08 bits per heavy atom. The van der Waals surface area contributed by atoms with Crippen molar-refractivity contribution in [3.8, 4) is 5.75 Å². The van der Waals surface area contributed by atoms with Gasteiger partial charge in [-0.05, 0) is 44.8 Å². The fourth-order valence-electron chi connectivity index (χ4n) is 2.57. The highest BCUT2D eigenvalue weighted by atomic mass is 19.1. The maximum absolute atomic E-state index is 13.7. The molecule has 0 aliphatic carbocycles. The predicted molar refractivity (Wildman–Crippen MR) is 99.1 cm³/mol. The number of fused-ring (bicyclic) bond motifs is 1. The number of carbonyl (C=O) groups is 1. The first-order chi connectivity index (χ1) is 12.5. The van der Waals surface area contributed by atoms with Gasteiger partial charge in [0.15, 0.2) is 5.82 Å². The predicted octanol–water partition coefficient (Wildman–Crippen LogP) is 3.28. The second-order valence-electron chi connectivity index (χ2n) is 6.22. The SMILES string of the molecule is CN(C)CCCOc1ccc2c(NC(=O)c3ccccc3F)n[nH]c2c1. The van der Waals surface area contributed by atoms with E-state index in [4.69, 9.17) is 4.74 Å². The van der Waals surface area contributed by atoms with Crippen LogP contribution in [0.15, 0.2) is 42.5 Å². The summed E-state index contributed by atoms with van der Waals surface area (Å²) < 4.78 is 19.5. The molecule has 1 aromatic heterocycles. The summed E-state index contributed by atoms with van der Waals surface area (Å²) in [6.07, 6.45) is 0.929. The van der Waals surface area contributed by atoms with Gasteiger partial charge >= 0.3 is 0 Å². The van der Waals surface area contributed by atoms with Crippen LogP contribution in [0.25, 0.3) is 10.9 Å². The largest absolute Gasteiger partial charge is 0.493 e. The first-order valence-corrected chi connectivity index (χ1v) is 8.36. The summed E-state index contributed by atoms with van der Waals surface area (Å²) in [5, 5.41) is 10.3. The molecule has 0 atom stereocenters. The lowest BCUT2D eigenvalue weighted by atomic mass is 10.2. The van der Waals surface area contributed by atoms with E-state index in [2.05, 4.69) is 20.4 Å². The Morgan fingerprint density at radius 1 is 1.27 bits per heavy atom. The van der Waals surface area contributed by atoms with Crippen molar-refractivity contribution in [2.24, 2.45) is 0 Å². The topological polar surface area (TPSA) is 70.2 Å². The van der Waals surface area contributed by atoms with Crippen LogP contribution in [0.5, 0.6) is 5.75 Å². The number of H-pyrrole nitrogens is 1. The third kappa shape index (κ3) is 4.18. The number of rotatable bonds is 7. The summed E-state index contributed by atoms with van der Waals surface area (Å²) >= 11 is 0. The first kappa shape index (κ1) is 17.9. The van der Waals surface area contributed by atoms with E-state index in [9.17, 15) is 9.18 Å². The number of nitrogens with zero attached hydrogens (tertiary/aromatic N) is 2. The van der Waals surface area contributed by atoms with Crippen LogP contribution in [0.1, 0.15) is 16.8 Å². The van der Waals surface area contributed by atoms with E-state index in [1.165, 1.54) is 18.2 Å². The monoisotopic (exact) mass is 356 g/mol. The average molecular weight is 356 g/mol. The highest BCUT2D eigenvalue weighted by molar-refractivity contribution is 6.08. The minimum Gasteiger partial charge on any atom is -0.493 e. The molecule has 6 nitrogen and oxygen atoms in total. The highest BCUT2D eigenvalue weighted by Crippen LogP contribution is 2.25. The van der Waals surface area contributed by atoms with E-state index in [0.29, 0.717) is 12.4 Å². The molecule has 0 radical (unpaired) electrons. The van der Waals surface area contributed by atoms with E-state index in [1.54, 1.807) is 6.07 Å². The summed E-state index contributed by atoms with van der Waals surface area (Å²) in [6, 6.07) is 11.3. The average Bonchev–Trinajstić information content (AvgIpc) is 3.01. The molecule has 0 fully saturated rings. The molecule has 0 saturated carbocycles. The van der Waals surface area contributed by atoms with E-state index in [0.717, 1.165) is 29.6 Å². The third-order valence-corrected chi connectivity index (χ3v) is 3.90. The van der Waals surface area contributed by atoms with Gasteiger partial charge < -0.3 is 15.0 Å². The zero-order chi connectivity index (χ0) is 18.5. The summed E-state index contributed by atoms with van der Waals surface area (Å²) in [5.41, 5.74) is 0.712. The Bertz CT molecular complexity index is 907. The van der Waals surface area contributed by atoms with E-state index >= 15 is 0 Å². The molecule has 7 heteroatoms. The fraction of sp³-hybridized carbons (Fsp3) is 0.263. The summed E-state index contributed by atoms with van der Waals surface area (Å²) in [7, 11) is 4.04. The first-order valence-electron chi connectivity index (χ1n) is 8.36. The number of nitrogens with one attached hydrogen (secondary N) is 2. The van der Waals surface area contributed by atoms with Crippen LogP contribution in [0, 0.1) is 5.82 Å². The van der Waals surface area contributed by atoms with Gasteiger partial charge in [0.2, 0.25) is 0 Å². The van der Waals surface area contributed by atoms with Crippen molar-refractivity contribution in [3.63, 3.8) is 0 Å². The molecule has 0 aliphatic rings. The number of aromatic nitrogens is 2. The van der Waals surface area contributed by atoms with Crippen molar-refractivity contribution in [2.45, 2.75) is 6.42 Å². The minimum atomic E-state index is -0.571. The van der Waals surface area contributed by atoms with Crippen LogP contribution in [-0.4, -0.2) is 48.3 Å². The number of amides is 1. The maximum Gasteiger partial charge on any atom is 0.259 e. The quantitative estimate of drug-likeness (QED) is 0.638. The molecule has 2 aromatic carbocycles.